The van der Waals surface area contributed by atoms with E-state index in [4.69, 9.17) is 27.9 Å². The third kappa shape index (κ3) is 6.36. The first kappa shape index (κ1) is 25.1. The second kappa shape index (κ2) is 11.2. The Bertz CT molecular complexity index is 1200. The summed E-state index contributed by atoms with van der Waals surface area (Å²) in [6.45, 7) is 0.697. The molecule has 0 saturated carbocycles. The third-order valence-corrected chi connectivity index (χ3v) is 6.77. The quantitative estimate of drug-likeness (QED) is 0.519. The van der Waals surface area contributed by atoms with E-state index in [0.29, 0.717) is 40.1 Å². The lowest BCUT2D eigenvalue weighted by Crippen LogP contribution is -2.40. The molecule has 11 heteroatoms. The highest BCUT2D eigenvalue weighted by Crippen LogP contribution is 2.35. The maximum atomic E-state index is 12.9. The SMILES string of the molecule is O=C(COc1ccc(Cl)cc1/C=C1\SC(=O)N(CC(=O)N2CCCC2)C1=O)Nc1ccc(Cl)cc1. The molecule has 1 N–H and O–H groups in total. The van der Waals surface area contributed by atoms with Crippen LogP contribution in [0.15, 0.2) is 47.4 Å². The maximum absolute atomic E-state index is 12.9. The summed E-state index contributed by atoms with van der Waals surface area (Å²) in [5, 5.41) is 3.12. The highest BCUT2D eigenvalue weighted by molar-refractivity contribution is 8.18. The maximum Gasteiger partial charge on any atom is 0.294 e. The molecule has 2 fully saturated rings. The first-order chi connectivity index (χ1) is 16.8. The Kier molecular flexibility index (Phi) is 8.00. The Hall–Kier alpha value is -3.01. The summed E-state index contributed by atoms with van der Waals surface area (Å²) in [5.74, 6) is -0.891. The second-order valence-corrected chi connectivity index (χ2v) is 9.75. The van der Waals surface area contributed by atoms with Crippen LogP contribution in [0.3, 0.4) is 0 Å². The monoisotopic (exact) mass is 533 g/mol. The molecule has 2 aromatic carbocycles. The van der Waals surface area contributed by atoms with Gasteiger partial charge in [0.15, 0.2) is 6.61 Å². The number of hydrogen-bond acceptors (Lipinski definition) is 6. The number of rotatable bonds is 7. The fourth-order valence-corrected chi connectivity index (χ4v) is 4.75. The van der Waals surface area contributed by atoms with Crippen molar-refractivity contribution in [3.8, 4) is 5.75 Å². The van der Waals surface area contributed by atoms with Gasteiger partial charge in [-0.05, 0) is 73.1 Å². The second-order valence-electron chi connectivity index (χ2n) is 7.88. The molecule has 0 bridgehead atoms. The van der Waals surface area contributed by atoms with Gasteiger partial charge in [0.05, 0.1) is 4.91 Å². The van der Waals surface area contributed by atoms with Crippen LogP contribution in [0.5, 0.6) is 5.75 Å². The average Bonchev–Trinajstić information content (AvgIpc) is 3.45. The van der Waals surface area contributed by atoms with Gasteiger partial charge in [0.2, 0.25) is 5.91 Å². The molecular formula is C24H21Cl2N3O5S. The van der Waals surface area contributed by atoms with E-state index in [2.05, 4.69) is 5.32 Å². The average molecular weight is 534 g/mol. The Morgan fingerprint density at radius 2 is 1.71 bits per heavy atom. The van der Waals surface area contributed by atoms with E-state index in [1.54, 1.807) is 47.4 Å². The zero-order chi connectivity index (χ0) is 24.9. The van der Waals surface area contributed by atoms with Crippen LogP contribution in [0.25, 0.3) is 6.08 Å². The molecule has 8 nitrogen and oxygen atoms in total. The van der Waals surface area contributed by atoms with Gasteiger partial charge in [-0.3, -0.25) is 24.1 Å². The zero-order valence-electron chi connectivity index (χ0n) is 18.5. The molecule has 0 aromatic heterocycles. The van der Waals surface area contributed by atoms with E-state index in [0.717, 1.165) is 29.5 Å². The highest BCUT2D eigenvalue weighted by Gasteiger charge is 2.37. The molecule has 0 spiro atoms. The van der Waals surface area contributed by atoms with Gasteiger partial charge in [-0.15, -0.1) is 0 Å². The minimum atomic E-state index is -0.557. The molecular weight excluding hydrogens is 513 g/mol. The molecule has 2 aliphatic heterocycles. The van der Waals surface area contributed by atoms with Crippen LogP contribution >= 0.6 is 35.0 Å². The number of benzene rings is 2. The number of amides is 4. The summed E-state index contributed by atoms with van der Waals surface area (Å²) >= 11 is 12.7. The van der Waals surface area contributed by atoms with E-state index >= 15 is 0 Å². The molecule has 2 saturated heterocycles. The van der Waals surface area contributed by atoms with Crippen molar-refractivity contribution in [2.75, 3.05) is 31.6 Å². The standard InChI is InChI=1S/C24H21Cl2N3O5S/c25-16-3-6-18(7-4-16)27-21(30)14-34-19-8-5-17(26)11-15(19)12-20-23(32)29(24(33)35-20)13-22(31)28-9-1-2-10-28/h3-8,11-12H,1-2,9-10,13-14H2,(H,27,30)/b20-12-. The molecule has 182 valence electrons. The van der Waals surface area contributed by atoms with Crippen molar-refractivity contribution >= 4 is 69.7 Å². The van der Waals surface area contributed by atoms with Crippen molar-refractivity contribution < 1.29 is 23.9 Å². The van der Waals surface area contributed by atoms with Crippen molar-refractivity contribution in [2.45, 2.75) is 12.8 Å². The lowest BCUT2D eigenvalue weighted by molar-refractivity contribution is -0.135. The normalized spacial score (nSPS) is 16.8. The fourth-order valence-electron chi connectivity index (χ4n) is 3.62. The zero-order valence-corrected chi connectivity index (χ0v) is 20.8. The smallest absolute Gasteiger partial charge is 0.294 e. The number of halogens is 2. The van der Waals surface area contributed by atoms with Gasteiger partial charge in [0, 0.05) is 34.4 Å². The van der Waals surface area contributed by atoms with E-state index in [9.17, 15) is 19.2 Å². The molecule has 4 amide bonds. The lowest BCUT2D eigenvalue weighted by Gasteiger charge is -2.18. The number of anilines is 1. The topological polar surface area (TPSA) is 96.0 Å². The minimum Gasteiger partial charge on any atom is -0.483 e. The van der Waals surface area contributed by atoms with Crippen LogP contribution < -0.4 is 10.1 Å². The minimum absolute atomic E-state index is 0.141. The van der Waals surface area contributed by atoms with Gasteiger partial charge >= 0.3 is 0 Å². The van der Waals surface area contributed by atoms with Crippen molar-refractivity contribution in [1.82, 2.24) is 9.80 Å². The highest BCUT2D eigenvalue weighted by atomic mass is 35.5. The van der Waals surface area contributed by atoms with Gasteiger partial charge in [-0.2, -0.15) is 0 Å². The molecule has 2 aliphatic rings. The van der Waals surface area contributed by atoms with Crippen LogP contribution in [0.2, 0.25) is 10.0 Å². The molecule has 35 heavy (non-hydrogen) atoms. The largest absolute Gasteiger partial charge is 0.483 e. The fraction of sp³-hybridized carbons (Fsp3) is 0.250. The predicted molar refractivity (Wildman–Crippen MR) is 136 cm³/mol. The van der Waals surface area contributed by atoms with Gasteiger partial charge in [0.25, 0.3) is 17.1 Å². The van der Waals surface area contributed by atoms with Crippen molar-refractivity contribution in [1.29, 1.82) is 0 Å². The number of ether oxygens (including phenoxy) is 1. The Labute approximate surface area is 216 Å². The molecule has 2 heterocycles. The van der Waals surface area contributed by atoms with Crippen LogP contribution in [-0.4, -0.2) is 59.0 Å². The van der Waals surface area contributed by atoms with Crippen molar-refractivity contribution in [2.24, 2.45) is 0 Å². The molecule has 0 aliphatic carbocycles. The number of thioether (sulfide) groups is 1. The summed E-state index contributed by atoms with van der Waals surface area (Å²) in [7, 11) is 0. The molecule has 0 radical (unpaired) electrons. The van der Waals surface area contributed by atoms with Gasteiger partial charge in [0.1, 0.15) is 12.3 Å². The van der Waals surface area contributed by atoms with E-state index in [1.165, 1.54) is 6.08 Å². The molecule has 4 rings (SSSR count). The predicted octanol–water partition coefficient (Wildman–Crippen LogP) is 4.67. The Balaban J connectivity index is 1.44. The number of nitrogens with zero attached hydrogens (tertiary/aromatic N) is 2. The lowest BCUT2D eigenvalue weighted by atomic mass is 10.2. The van der Waals surface area contributed by atoms with Crippen molar-refractivity contribution in [3.63, 3.8) is 0 Å². The number of nitrogens with one attached hydrogen (secondary N) is 1. The third-order valence-electron chi connectivity index (χ3n) is 5.37. The van der Waals surface area contributed by atoms with Crippen LogP contribution in [0, 0.1) is 0 Å². The van der Waals surface area contributed by atoms with Crippen molar-refractivity contribution in [3.05, 3.63) is 63.0 Å². The van der Waals surface area contributed by atoms with Crippen LogP contribution in [-0.2, 0) is 14.4 Å². The first-order valence-corrected chi connectivity index (χ1v) is 12.4. The van der Waals surface area contributed by atoms with Gasteiger partial charge in [-0.1, -0.05) is 23.2 Å². The number of hydrogen-bond donors (Lipinski definition) is 1. The molecule has 0 unspecified atom stereocenters. The van der Waals surface area contributed by atoms with Gasteiger partial charge in [-0.25, -0.2) is 0 Å². The summed E-state index contributed by atoms with van der Waals surface area (Å²) in [5.41, 5.74) is 0.990. The van der Waals surface area contributed by atoms with E-state index in [-0.39, 0.29) is 24.0 Å². The number of carbonyl (C=O) groups is 4. The summed E-state index contributed by atoms with van der Waals surface area (Å²) in [6, 6.07) is 11.4. The van der Waals surface area contributed by atoms with Crippen LogP contribution in [0.4, 0.5) is 10.5 Å². The molecule has 0 atom stereocenters. The Morgan fingerprint density at radius 1 is 1.03 bits per heavy atom. The van der Waals surface area contributed by atoms with E-state index < -0.39 is 17.1 Å². The van der Waals surface area contributed by atoms with Crippen LogP contribution in [0.1, 0.15) is 18.4 Å². The molecule has 2 aromatic rings. The summed E-state index contributed by atoms with van der Waals surface area (Å²) < 4.78 is 5.66. The summed E-state index contributed by atoms with van der Waals surface area (Å²) in [4.78, 5) is 52.7. The number of carbonyl (C=O) groups excluding carboxylic acids is 4. The summed E-state index contributed by atoms with van der Waals surface area (Å²) in [6.07, 6.45) is 3.31. The van der Waals surface area contributed by atoms with E-state index in [1.807, 2.05) is 0 Å². The number of imide groups is 1. The number of likely N-dealkylation sites (tertiary alicyclic amines) is 1. The first-order valence-electron chi connectivity index (χ1n) is 10.8. The van der Waals surface area contributed by atoms with Gasteiger partial charge < -0.3 is 15.0 Å². The Morgan fingerprint density at radius 3 is 2.43 bits per heavy atom.